The second kappa shape index (κ2) is 7.48. The number of hydrogen-bond acceptors (Lipinski definition) is 2. The van der Waals surface area contributed by atoms with Gasteiger partial charge in [-0.05, 0) is 65.0 Å². The Balaban J connectivity index is 1.62. The minimum absolute atomic E-state index is 0.647. The van der Waals surface area contributed by atoms with Crippen molar-refractivity contribution in [3.8, 4) is 0 Å². The Hall–Kier alpha value is -0.770. The van der Waals surface area contributed by atoms with Gasteiger partial charge >= 0.3 is 0 Å². The summed E-state index contributed by atoms with van der Waals surface area (Å²) >= 11 is 0. The van der Waals surface area contributed by atoms with Gasteiger partial charge < -0.3 is 15.1 Å². The van der Waals surface area contributed by atoms with E-state index in [1.54, 1.807) is 0 Å². The average Bonchev–Trinajstić information content (AvgIpc) is 2.87. The molecule has 2 aliphatic rings. The lowest BCUT2D eigenvalue weighted by atomic mass is 9.68. The van der Waals surface area contributed by atoms with Gasteiger partial charge in [0.05, 0.1) is 0 Å². The Morgan fingerprint density at radius 2 is 2.05 bits per heavy atom. The van der Waals surface area contributed by atoms with Crippen LogP contribution >= 0.6 is 0 Å². The summed E-state index contributed by atoms with van der Waals surface area (Å²) in [5.74, 6) is 1.12. The zero-order valence-corrected chi connectivity index (χ0v) is 14.5. The highest BCUT2D eigenvalue weighted by Crippen LogP contribution is 2.47. The molecule has 0 atom stereocenters. The van der Waals surface area contributed by atoms with Gasteiger partial charge in [0.2, 0.25) is 0 Å². The van der Waals surface area contributed by atoms with Crippen molar-refractivity contribution < 1.29 is 0 Å². The average molecular weight is 294 g/mol. The first-order valence-electron chi connectivity index (χ1n) is 8.72. The monoisotopic (exact) mass is 294 g/mol. The molecule has 4 nitrogen and oxygen atoms in total. The molecule has 1 aliphatic heterocycles. The number of guanidine groups is 1. The van der Waals surface area contributed by atoms with Crippen LogP contribution in [0.4, 0.5) is 0 Å². The van der Waals surface area contributed by atoms with Crippen molar-refractivity contribution in [2.24, 2.45) is 10.4 Å². The molecule has 122 valence electrons. The molecule has 0 amide bonds. The predicted molar refractivity (Wildman–Crippen MR) is 90.8 cm³/mol. The highest BCUT2D eigenvalue weighted by Gasteiger charge is 2.43. The second-order valence-corrected chi connectivity index (χ2v) is 7.28. The van der Waals surface area contributed by atoms with Crippen LogP contribution in [0.3, 0.4) is 0 Å². The van der Waals surface area contributed by atoms with Crippen LogP contribution in [0, 0.1) is 5.41 Å². The molecule has 2 rings (SSSR count). The van der Waals surface area contributed by atoms with Gasteiger partial charge in [0.15, 0.2) is 5.96 Å². The molecule has 0 aromatic rings. The number of nitrogens with zero attached hydrogens (tertiary/aromatic N) is 3. The van der Waals surface area contributed by atoms with Crippen LogP contribution < -0.4 is 5.32 Å². The third kappa shape index (κ3) is 4.35. The summed E-state index contributed by atoms with van der Waals surface area (Å²) in [5, 5.41) is 3.56. The third-order valence-electron chi connectivity index (χ3n) is 5.47. The Bertz CT molecular complexity index is 347. The Labute approximate surface area is 131 Å². The maximum absolute atomic E-state index is 4.48. The van der Waals surface area contributed by atoms with Crippen LogP contribution in [0.2, 0.25) is 0 Å². The molecule has 1 N–H and O–H groups in total. The van der Waals surface area contributed by atoms with Gasteiger partial charge in [-0.1, -0.05) is 6.42 Å². The molecule has 0 aromatic heterocycles. The van der Waals surface area contributed by atoms with Gasteiger partial charge in [0.1, 0.15) is 0 Å². The molecule has 0 bridgehead atoms. The SMILES string of the molecule is CN=C(NCCCCN(C)C(C)C)N1CCC2(CCC2)C1. The van der Waals surface area contributed by atoms with E-state index in [1.165, 1.54) is 58.2 Å². The van der Waals surface area contributed by atoms with E-state index >= 15 is 0 Å². The number of nitrogens with one attached hydrogen (secondary N) is 1. The summed E-state index contributed by atoms with van der Waals surface area (Å²) in [6.07, 6.45) is 8.14. The minimum Gasteiger partial charge on any atom is -0.356 e. The maximum Gasteiger partial charge on any atom is 0.193 e. The first-order chi connectivity index (χ1) is 10.1. The second-order valence-electron chi connectivity index (χ2n) is 7.28. The van der Waals surface area contributed by atoms with Gasteiger partial charge in [-0.25, -0.2) is 0 Å². The van der Waals surface area contributed by atoms with Crippen molar-refractivity contribution in [1.29, 1.82) is 0 Å². The van der Waals surface area contributed by atoms with Crippen LogP contribution in [0.15, 0.2) is 4.99 Å². The number of rotatable bonds is 6. The summed E-state index contributed by atoms with van der Waals surface area (Å²) in [4.78, 5) is 9.36. The van der Waals surface area contributed by atoms with E-state index in [0.29, 0.717) is 11.5 Å². The van der Waals surface area contributed by atoms with Gasteiger partial charge in [-0.2, -0.15) is 0 Å². The summed E-state index contributed by atoms with van der Waals surface area (Å²) in [6, 6.07) is 0.647. The lowest BCUT2D eigenvalue weighted by Gasteiger charge is -2.38. The van der Waals surface area contributed by atoms with E-state index in [1.807, 2.05) is 7.05 Å². The van der Waals surface area contributed by atoms with Crippen LogP contribution in [0.1, 0.15) is 52.4 Å². The van der Waals surface area contributed by atoms with Gasteiger partial charge in [0.25, 0.3) is 0 Å². The Morgan fingerprint density at radius 1 is 1.29 bits per heavy atom. The highest BCUT2D eigenvalue weighted by molar-refractivity contribution is 5.80. The minimum atomic E-state index is 0.647. The third-order valence-corrected chi connectivity index (χ3v) is 5.47. The molecule has 0 aromatic carbocycles. The predicted octanol–water partition coefficient (Wildman–Crippen LogP) is 2.56. The van der Waals surface area contributed by atoms with E-state index in [4.69, 9.17) is 0 Å². The summed E-state index contributed by atoms with van der Waals surface area (Å²) in [5.41, 5.74) is 0.650. The standard InChI is InChI=1S/C17H34N4/c1-15(2)20(4)12-6-5-11-19-16(18-3)21-13-10-17(14-21)8-7-9-17/h15H,5-14H2,1-4H3,(H,18,19). The topological polar surface area (TPSA) is 30.9 Å². The summed E-state index contributed by atoms with van der Waals surface area (Å²) in [7, 11) is 4.12. The smallest absolute Gasteiger partial charge is 0.193 e. The molecular weight excluding hydrogens is 260 g/mol. The molecule has 1 spiro atoms. The normalized spacial score (nSPS) is 21.4. The molecule has 1 aliphatic carbocycles. The van der Waals surface area contributed by atoms with Crippen molar-refractivity contribution in [3.05, 3.63) is 0 Å². The van der Waals surface area contributed by atoms with Gasteiger partial charge in [0, 0.05) is 32.7 Å². The van der Waals surface area contributed by atoms with Crippen molar-refractivity contribution in [1.82, 2.24) is 15.1 Å². The van der Waals surface area contributed by atoms with E-state index in [9.17, 15) is 0 Å². The largest absolute Gasteiger partial charge is 0.356 e. The fourth-order valence-corrected chi connectivity index (χ4v) is 3.48. The van der Waals surface area contributed by atoms with Gasteiger partial charge in [-0.3, -0.25) is 4.99 Å². The van der Waals surface area contributed by atoms with E-state index in [-0.39, 0.29) is 0 Å². The molecule has 0 unspecified atom stereocenters. The molecule has 0 radical (unpaired) electrons. The first kappa shape index (κ1) is 16.6. The summed E-state index contributed by atoms with van der Waals surface area (Å²) < 4.78 is 0. The maximum atomic E-state index is 4.48. The molecule has 1 saturated heterocycles. The Kier molecular flexibility index (Phi) is 5.91. The number of unbranched alkanes of at least 4 members (excludes halogenated alkanes) is 1. The molecule has 1 saturated carbocycles. The Morgan fingerprint density at radius 3 is 2.57 bits per heavy atom. The number of likely N-dealkylation sites (tertiary alicyclic amines) is 1. The van der Waals surface area contributed by atoms with E-state index < -0.39 is 0 Å². The van der Waals surface area contributed by atoms with E-state index in [0.717, 1.165) is 12.5 Å². The lowest BCUT2D eigenvalue weighted by molar-refractivity contribution is 0.151. The lowest BCUT2D eigenvalue weighted by Crippen LogP contribution is -2.42. The molecule has 2 fully saturated rings. The molecule has 4 heteroatoms. The van der Waals surface area contributed by atoms with Crippen molar-refractivity contribution in [2.75, 3.05) is 40.3 Å². The van der Waals surface area contributed by atoms with Crippen LogP contribution in [0.25, 0.3) is 0 Å². The highest BCUT2D eigenvalue weighted by atomic mass is 15.3. The van der Waals surface area contributed by atoms with Crippen molar-refractivity contribution in [2.45, 2.75) is 58.4 Å². The van der Waals surface area contributed by atoms with E-state index in [2.05, 4.69) is 41.0 Å². The zero-order chi connectivity index (χ0) is 15.3. The number of hydrogen-bond donors (Lipinski definition) is 1. The van der Waals surface area contributed by atoms with Crippen LogP contribution in [-0.4, -0.2) is 62.1 Å². The zero-order valence-electron chi connectivity index (χ0n) is 14.5. The molecule has 21 heavy (non-hydrogen) atoms. The fourth-order valence-electron chi connectivity index (χ4n) is 3.48. The molecular formula is C17H34N4. The first-order valence-corrected chi connectivity index (χ1v) is 8.72. The fraction of sp³-hybridized carbons (Fsp3) is 0.941. The van der Waals surface area contributed by atoms with Crippen LogP contribution in [-0.2, 0) is 0 Å². The quantitative estimate of drug-likeness (QED) is 0.464. The van der Waals surface area contributed by atoms with Crippen molar-refractivity contribution >= 4 is 5.96 Å². The van der Waals surface area contributed by atoms with Crippen molar-refractivity contribution in [3.63, 3.8) is 0 Å². The van der Waals surface area contributed by atoms with Gasteiger partial charge in [-0.15, -0.1) is 0 Å². The number of aliphatic imine (C=N–C) groups is 1. The van der Waals surface area contributed by atoms with Crippen LogP contribution in [0.5, 0.6) is 0 Å². The summed E-state index contributed by atoms with van der Waals surface area (Å²) in [6.45, 7) is 9.15. The molecule has 1 heterocycles.